The van der Waals surface area contributed by atoms with Crippen molar-refractivity contribution in [1.29, 1.82) is 0 Å². The minimum Gasteiger partial charge on any atom is -0.486 e. The van der Waals surface area contributed by atoms with Gasteiger partial charge in [0.05, 0.1) is 4.47 Å². The highest BCUT2D eigenvalue weighted by atomic mass is 79.9. The zero-order valence-corrected chi connectivity index (χ0v) is 8.35. The predicted octanol–water partition coefficient (Wildman–Crippen LogP) is 2.53. The molecule has 3 heteroatoms. The van der Waals surface area contributed by atoms with Crippen LogP contribution in [0.4, 0.5) is 0 Å². The molecule has 1 aliphatic rings. The molecule has 0 aliphatic carbocycles. The van der Waals surface area contributed by atoms with Gasteiger partial charge in [0.2, 0.25) is 0 Å². The van der Waals surface area contributed by atoms with Crippen LogP contribution in [0.15, 0.2) is 16.6 Å². The fourth-order valence-electron chi connectivity index (χ4n) is 1.24. The van der Waals surface area contributed by atoms with Crippen LogP contribution in [0, 0.1) is 6.92 Å². The van der Waals surface area contributed by atoms with Gasteiger partial charge in [0.1, 0.15) is 13.2 Å². The first kappa shape index (κ1) is 7.92. The lowest BCUT2D eigenvalue weighted by Gasteiger charge is -2.19. The topological polar surface area (TPSA) is 18.5 Å². The van der Waals surface area contributed by atoms with E-state index in [1.807, 2.05) is 19.1 Å². The Morgan fingerprint density at radius 3 is 2.83 bits per heavy atom. The minimum absolute atomic E-state index is 0.634. The van der Waals surface area contributed by atoms with E-state index in [2.05, 4.69) is 15.9 Å². The Kier molecular flexibility index (Phi) is 1.97. The second-order valence-corrected chi connectivity index (χ2v) is 3.63. The van der Waals surface area contributed by atoms with Crippen LogP contribution in [-0.2, 0) is 0 Å². The fraction of sp³-hybridized carbons (Fsp3) is 0.333. The van der Waals surface area contributed by atoms with Gasteiger partial charge in [-0.25, -0.2) is 0 Å². The van der Waals surface area contributed by atoms with Gasteiger partial charge in [-0.15, -0.1) is 0 Å². The van der Waals surface area contributed by atoms with E-state index in [-0.39, 0.29) is 0 Å². The van der Waals surface area contributed by atoms with Crippen molar-refractivity contribution >= 4 is 15.9 Å². The SMILES string of the molecule is Cc1cc(Br)c2c(c1)OCCO2. The van der Waals surface area contributed by atoms with Crippen LogP contribution in [0.3, 0.4) is 0 Å². The van der Waals surface area contributed by atoms with Crippen LogP contribution < -0.4 is 9.47 Å². The summed E-state index contributed by atoms with van der Waals surface area (Å²) in [6, 6.07) is 4.01. The number of hydrogen-bond donors (Lipinski definition) is 0. The van der Waals surface area contributed by atoms with Gasteiger partial charge in [0, 0.05) is 0 Å². The van der Waals surface area contributed by atoms with Gasteiger partial charge in [-0.1, -0.05) is 0 Å². The zero-order valence-electron chi connectivity index (χ0n) is 6.76. The molecular weight excluding hydrogens is 220 g/mol. The standard InChI is InChI=1S/C9H9BrO2/c1-6-4-7(10)9-8(5-6)11-2-3-12-9/h4-5H,2-3H2,1H3. The molecule has 1 aromatic carbocycles. The molecule has 1 heterocycles. The van der Waals surface area contributed by atoms with E-state index < -0.39 is 0 Å². The molecule has 0 unspecified atom stereocenters. The lowest BCUT2D eigenvalue weighted by molar-refractivity contribution is 0.170. The summed E-state index contributed by atoms with van der Waals surface area (Å²) < 4.78 is 11.8. The van der Waals surface area contributed by atoms with Crippen LogP contribution in [-0.4, -0.2) is 13.2 Å². The average molecular weight is 229 g/mol. The summed E-state index contributed by atoms with van der Waals surface area (Å²) >= 11 is 3.43. The van der Waals surface area contributed by atoms with Gasteiger partial charge in [-0.05, 0) is 40.5 Å². The van der Waals surface area contributed by atoms with Crippen molar-refractivity contribution in [2.75, 3.05) is 13.2 Å². The maximum absolute atomic E-state index is 5.44. The van der Waals surface area contributed by atoms with E-state index in [0.29, 0.717) is 13.2 Å². The quantitative estimate of drug-likeness (QED) is 0.680. The molecule has 0 amide bonds. The number of halogens is 1. The number of ether oxygens (including phenoxy) is 2. The molecule has 12 heavy (non-hydrogen) atoms. The maximum atomic E-state index is 5.44. The second kappa shape index (κ2) is 2.98. The molecule has 1 aromatic rings. The molecule has 64 valence electrons. The molecule has 0 saturated heterocycles. The molecule has 0 bridgehead atoms. The number of benzene rings is 1. The van der Waals surface area contributed by atoms with E-state index in [1.54, 1.807) is 0 Å². The Morgan fingerprint density at radius 2 is 2.00 bits per heavy atom. The lowest BCUT2D eigenvalue weighted by atomic mass is 10.2. The first-order valence-corrected chi connectivity index (χ1v) is 4.62. The monoisotopic (exact) mass is 228 g/mol. The first-order valence-electron chi connectivity index (χ1n) is 3.83. The summed E-state index contributed by atoms with van der Waals surface area (Å²) in [4.78, 5) is 0. The van der Waals surface area contributed by atoms with Crippen molar-refractivity contribution < 1.29 is 9.47 Å². The highest BCUT2D eigenvalue weighted by Crippen LogP contribution is 2.38. The second-order valence-electron chi connectivity index (χ2n) is 2.77. The van der Waals surface area contributed by atoms with Crippen LogP contribution in [0.1, 0.15) is 5.56 Å². The van der Waals surface area contributed by atoms with Gasteiger partial charge in [-0.3, -0.25) is 0 Å². The van der Waals surface area contributed by atoms with Crippen molar-refractivity contribution in [1.82, 2.24) is 0 Å². The largest absolute Gasteiger partial charge is 0.486 e. The van der Waals surface area contributed by atoms with Crippen LogP contribution in [0.25, 0.3) is 0 Å². The van der Waals surface area contributed by atoms with Crippen LogP contribution in [0.5, 0.6) is 11.5 Å². The summed E-state index contributed by atoms with van der Waals surface area (Å²) in [6.07, 6.45) is 0. The molecule has 0 atom stereocenters. The van der Waals surface area contributed by atoms with E-state index in [0.717, 1.165) is 16.0 Å². The Hall–Kier alpha value is -0.700. The fourth-order valence-corrected chi connectivity index (χ4v) is 1.91. The molecule has 2 rings (SSSR count). The van der Waals surface area contributed by atoms with Crippen molar-refractivity contribution in [3.05, 3.63) is 22.2 Å². The van der Waals surface area contributed by atoms with E-state index >= 15 is 0 Å². The molecule has 0 spiro atoms. The van der Waals surface area contributed by atoms with E-state index in [9.17, 15) is 0 Å². The molecule has 2 nitrogen and oxygen atoms in total. The summed E-state index contributed by atoms with van der Waals surface area (Å²) in [5.41, 5.74) is 1.17. The lowest BCUT2D eigenvalue weighted by Crippen LogP contribution is -2.15. The normalized spacial score (nSPS) is 14.5. The van der Waals surface area contributed by atoms with Gasteiger partial charge >= 0.3 is 0 Å². The smallest absolute Gasteiger partial charge is 0.175 e. The Labute approximate surface area is 79.6 Å². The van der Waals surface area contributed by atoms with Gasteiger partial charge in [-0.2, -0.15) is 0 Å². The molecule has 0 saturated carbocycles. The third-order valence-corrected chi connectivity index (χ3v) is 2.33. The third kappa shape index (κ3) is 1.29. The van der Waals surface area contributed by atoms with Gasteiger partial charge < -0.3 is 9.47 Å². The summed E-state index contributed by atoms with van der Waals surface area (Å²) in [7, 11) is 0. The molecule has 1 aliphatic heterocycles. The average Bonchev–Trinajstić information content (AvgIpc) is 2.04. The van der Waals surface area contributed by atoms with Crippen molar-refractivity contribution in [3.63, 3.8) is 0 Å². The third-order valence-electron chi connectivity index (χ3n) is 1.74. The summed E-state index contributed by atoms with van der Waals surface area (Å²) in [5, 5.41) is 0. The Bertz CT molecular complexity index is 310. The summed E-state index contributed by atoms with van der Waals surface area (Å²) in [5.74, 6) is 1.67. The molecular formula is C9H9BrO2. The Morgan fingerprint density at radius 1 is 1.25 bits per heavy atom. The predicted molar refractivity (Wildman–Crippen MR) is 49.9 cm³/mol. The zero-order chi connectivity index (χ0) is 8.55. The van der Waals surface area contributed by atoms with Crippen molar-refractivity contribution in [2.45, 2.75) is 6.92 Å². The number of rotatable bonds is 0. The van der Waals surface area contributed by atoms with Gasteiger partial charge in [0.25, 0.3) is 0 Å². The maximum Gasteiger partial charge on any atom is 0.175 e. The highest BCUT2D eigenvalue weighted by molar-refractivity contribution is 9.10. The molecule has 0 aromatic heterocycles. The number of hydrogen-bond acceptors (Lipinski definition) is 2. The first-order chi connectivity index (χ1) is 5.77. The van der Waals surface area contributed by atoms with E-state index in [1.165, 1.54) is 5.56 Å². The van der Waals surface area contributed by atoms with Crippen LogP contribution in [0.2, 0.25) is 0 Å². The summed E-state index contributed by atoms with van der Waals surface area (Å²) in [6.45, 7) is 3.31. The highest BCUT2D eigenvalue weighted by Gasteiger charge is 2.14. The van der Waals surface area contributed by atoms with Crippen LogP contribution >= 0.6 is 15.9 Å². The van der Waals surface area contributed by atoms with Gasteiger partial charge in [0.15, 0.2) is 11.5 Å². The minimum atomic E-state index is 0.634. The van der Waals surface area contributed by atoms with Crippen molar-refractivity contribution in [2.24, 2.45) is 0 Å². The molecule has 0 fully saturated rings. The number of aryl methyl sites for hydroxylation is 1. The Balaban J connectivity index is 2.53. The number of fused-ring (bicyclic) bond motifs is 1. The molecule has 0 radical (unpaired) electrons. The molecule has 0 N–H and O–H groups in total. The van der Waals surface area contributed by atoms with Crippen molar-refractivity contribution in [3.8, 4) is 11.5 Å². The van der Waals surface area contributed by atoms with E-state index in [4.69, 9.17) is 9.47 Å².